The van der Waals surface area contributed by atoms with Gasteiger partial charge < -0.3 is 10.0 Å². The molecule has 146 valence electrons. The number of aromatic nitrogens is 2. The molecule has 1 aromatic heterocycles. The lowest BCUT2D eigenvalue weighted by atomic mass is 10.2. The fourth-order valence-corrected chi connectivity index (χ4v) is 4.67. The lowest BCUT2D eigenvalue weighted by Gasteiger charge is -2.32. The molecule has 3 heterocycles. The number of carboxylic acid groups (broad SMARTS) is 1. The number of rotatable bonds is 3. The predicted octanol–water partition coefficient (Wildman–Crippen LogP) is 2.44. The smallest absolute Gasteiger partial charge is 0.407 e. The standard InChI is InChI=1S/C19H20N4O4S/c1-12-9-23-16(11-21(12)19(26)27)15(8-20-23)22-10-14(7-17(22)24)28-18(25)13-5-3-2-4-6-13/h2-6,8,12,14H,7,9-11H2,1H3,(H,26,27)/t12-,14?/m0/s1. The fourth-order valence-electron chi connectivity index (χ4n) is 3.65. The van der Waals surface area contributed by atoms with Crippen molar-refractivity contribution >= 4 is 34.6 Å². The Morgan fingerprint density at radius 2 is 1.96 bits per heavy atom. The van der Waals surface area contributed by atoms with E-state index in [1.165, 1.54) is 16.7 Å². The van der Waals surface area contributed by atoms with Crippen molar-refractivity contribution < 1.29 is 19.5 Å². The molecule has 1 unspecified atom stereocenters. The summed E-state index contributed by atoms with van der Waals surface area (Å²) in [4.78, 5) is 39.5. The summed E-state index contributed by atoms with van der Waals surface area (Å²) in [6.07, 6.45) is 0.908. The van der Waals surface area contributed by atoms with Gasteiger partial charge in [0.1, 0.15) is 0 Å². The zero-order valence-corrected chi connectivity index (χ0v) is 16.1. The highest BCUT2D eigenvalue weighted by molar-refractivity contribution is 8.14. The highest BCUT2D eigenvalue weighted by Gasteiger charge is 2.37. The van der Waals surface area contributed by atoms with Gasteiger partial charge in [0, 0.05) is 23.8 Å². The summed E-state index contributed by atoms with van der Waals surface area (Å²) >= 11 is 1.18. The van der Waals surface area contributed by atoms with Crippen LogP contribution in [0.4, 0.5) is 10.5 Å². The van der Waals surface area contributed by atoms with E-state index in [1.54, 1.807) is 27.9 Å². The molecule has 2 aliphatic rings. The number of anilines is 1. The summed E-state index contributed by atoms with van der Waals surface area (Å²) in [5.74, 6) is -0.0744. The Morgan fingerprint density at radius 1 is 1.21 bits per heavy atom. The third-order valence-electron chi connectivity index (χ3n) is 5.13. The number of fused-ring (bicyclic) bond motifs is 1. The van der Waals surface area contributed by atoms with Crippen LogP contribution in [0.25, 0.3) is 0 Å². The van der Waals surface area contributed by atoms with Crippen LogP contribution in [-0.4, -0.2) is 54.7 Å². The van der Waals surface area contributed by atoms with Crippen LogP contribution in [0.3, 0.4) is 0 Å². The normalized spacial score (nSPS) is 21.7. The molecular weight excluding hydrogens is 380 g/mol. The van der Waals surface area contributed by atoms with Gasteiger partial charge in [-0.3, -0.25) is 19.2 Å². The highest BCUT2D eigenvalue weighted by Crippen LogP contribution is 2.34. The third kappa shape index (κ3) is 3.37. The molecule has 9 heteroatoms. The molecule has 0 spiro atoms. The summed E-state index contributed by atoms with van der Waals surface area (Å²) in [5.41, 5.74) is 1.97. The highest BCUT2D eigenvalue weighted by atomic mass is 32.2. The van der Waals surface area contributed by atoms with Gasteiger partial charge in [-0.05, 0) is 6.92 Å². The first-order valence-electron chi connectivity index (χ1n) is 9.04. The van der Waals surface area contributed by atoms with Gasteiger partial charge in [0.25, 0.3) is 0 Å². The molecule has 1 aromatic carbocycles. The Bertz CT molecular complexity index is 929. The van der Waals surface area contributed by atoms with Crippen LogP contribution in [0, 0.1) is 0 Å². The van der Waals surface area contributed by atoms with E-state index in [2.05, 4.69) is 5.10 Å². The molecule has 1 N–H and O–H groups in total. The van der Waals surface area contributed by atoms with Crippen LogP contribution in [0.15, 0.2) is 36.5 Å². The van der Waals surface area contributed by atoms with E-state index < -0.39 is 6.09 Å². The minimum atomic E-state index is -0.986. The van der Waals surface area contributed by atoms with Crippen molar-refractivity contribution in [3.8, 4) is 0 Å². The summed E-state index contributed by atoms with van der Waals surface area (Å²) in [6.45, 7) is 2.88. The van der Waals surface area contributed by atoms with Crippen molar-refractivity contribution in [3.05, 3.63) is 47.8 Å². The topological polar surface area (TPSA) is 95.7 Å². The summed E-state index contributed by atoms with van der Waals surface area (Å²) in [6, 6.07) is 8.83. The number of benzene rings is 1. The van der Waals surface area contributed by atoms with Crippen LogP contribution in [0.1, 0.15) is 29.4 Å². The van der Waals surface area contributed by atoms with Gasteiger partial charge in [-0.15, -0.1) is 0 Å². The molecule has 4 rings (SSSR count). The number of carbonyl (C=O) groups excluding carboxylic acids is 2. The predicted molar refractivity (Wildman–Crippen MR) is 104 cm³/mol. The summed E-state index contributed by atoms with van der Waals surface area (Å²) < 4.78 is 1.77. The van der Waals surface area contributed by atoms with E-state index in [-0.39, 0.29) is 35.3 Å². The fraction of sp³-hybridized carbons (Fsp3) is 0.368. The monoisotopic (exact) mass is 400 g/mol. The first-order chi connectivity index (χ1) is 13.4. The van der Waals surface area contributed by atoms with Crippen molar-refractivity contribution in [2.24, 2.45) is 0 Å². The first-order valence-corrected chi connectivity index (χ1v) is 9.92. The lowest BCUT2D eigenvalue weighted by molar-refractivity contribution is -0.117. The Morgan fingerprint density at radius 3 is 2.68 bits per heavy atom. The van der Waals surface area contributed by atoms with Crippen LogP contribution in [-0.2, 0) is 17.9 Å². The van der Waals surface area contributed by atoms with Crippen molar-refractivity contribution in [2.45, 2.75) is 37.7 Å². The zero-order chi connectivity index (χ0) is 19.8. The molecule has 2 amide bonds. The van der Waals surface area contributed by atoms with Gasteiger partial charge in [0.05, 0.1) is 36.7 Å². The van der Waals surface area contributed by atoms with Gasteiger partial charge in [0.15, 0.2) is 0 Å². The Labute approximate surface area is 166 Å². The largest absolute Gasteiger partial charge is 0.465 e. The van der Waals surface area contributed by atoms with Crippen molar-refractivity contribution in [1.29, 1.82) is 0 Å². The molecule has 2 atom stereocenters. The molecule has 1 fully saturated rings. The zero-order valence-electron chi connectivity index (χ0n) is 15.3. The maximum absolute atomic E-state index is 12.6. The van der Waals surface area contributed by atoms with Gasteiger partial charge in [0.2, 0.25) is 11.0 Å². The maximum atomic E-state index is 12.6. The molecule has 2 aromatic rings. The molecule has 0 aliphatic carbocycles. The molecule has 1 saturated heterocycles. The number of amides is 2. The first kappa shape index (κ1) is 18.5. The quantitative estimate of drug-likeness (QED) is 0.850. The van der Waals surface area contributed by atoms with Gasteiger partial charge in [-0.1, -0.05) is 42.1 Å². The second kappa shape index (κ2) is 7.31. The van der Waals surface area contributed by atoms with Crippen LogP contribution >= 0.6 is 11.8 Å². The van der Waals surface area contributed by atoms with Crippen LogP contribution < -0.4 is 4.90 Å². The molecule has 0 radical (unpaired) electrons. The van der Waals surface area contributed by atoms with E-state index in [1.807, 2.05) is 25.1 Å². The minimum absolute atomic E-state index is 0.0526. The average Bonchev–Trinajstić information content (AvgIpc) is 3.23. The molecule has 28 heavy (non-hydrogen) atoms. The Balaban J connectivity index is 1.50. The number of carbonyl (C=O) groups is 3. The van der Waals surface area contributed by atoms with Gasteiger partial charge in [-0.2, -0.15) is 5.10 Å². The van der Waals surface area contributed by atoms with Crippen LogP contribution in [0.2, 0.25) is 0 Å². The minimum Gasteiger partial charge on any atom is -0.465 e. The summed E-state index contributed by atoms with van der Waals surface area (Å²) in [5, 5.41) is 13.6. The molecule has 0 bridgehead atoms. The van der Waals surface area contributed by atoms with Crippen molar-refractivity contribution in [1.82, 2.24) is 14.7 Å². The van der Waals surface area contributed by atoms with Crippen molar-refractivity contribution in [2.75, 3.05) is 11.4 Å². The lowest BCUT2D eigenvalue weighted by Crippen LogP contribution is -2.44. The second-order valence-corrected chi connectivity index (χ2v) is 8.29. The van der Waals surface area contributed by atoms with E-state index in [4.69, 9.17) is 0 Å². The Kier molecular flexibility index (Phi) is 4.84. The van der Waals surface area contributed by atoms with E-state index in [0.717, 1.165) is 0 Å². The van der Waals surface area contributed by atoms with Gasteiger partial charge in [-0.25, -0.2) is 4.79 Å². The molecule has 8 nitrogen and oxygen atoms in total. The van der Waals surface area contributed by atoms with E-state index >= 15 is 0 Å². The molecule has 0 saturated carbocycles. The number of hydrogen-bond acceptors (Lipinski definition) is 5. The van der Waals surface area contributed by atoms with Gasteiger partial charge >= 0.3 is 6.09 Å². The molecule has 2 aliphatic heterocycles. The second-order valence-electron chi connectivity index (χ2n) is 7.02. The molecular formula is C19H20N4O4S. The third-order valence-corrected chi connectivity index (χ3v) is 6.22. The van der Waals surface area contributed by atoms with E-state index in [9.17, 15) is 19.5 Å². The maximum Gasteiger partial charge on any atom is 0.407 e. The van der Waals surface area contributed by atoms with E-state index in [0.29, 0.717) is 30.0 Å². The number of nitrogens with zero attached hydrogens (tertiary/aromatic N) is 4. The SMILES string of the molecule is C[C@H]1Cn2ncc(N3CC(SC(=O)c4ccccc4)CC3=O)c2CN1C(=O)O. The Hall–Kier alpha value is -2.81. The summed E-state index contributed by atoms with van der Waals surface area (Å²) in [7, 11) is 0. The van der Waals surface area contributed by atoms with Crippen molar-refractivity contribution in [3.63, 3.8) is 0 Å². The van der Waals surface area contributed by atoms with Crippen LogP contribution in [0.5, 0.6) is 0 Å². The number of hydrogen-bond donors (Lipinski definition) is 1. The average molecular weight is 400 g/mol. The number of thioether (sulfide) groups is 1.